The fourth-order valence-electron chi connectivity index (χ4n) is 2.43. The third kappa shape index (κ3) is 2.96. The first-order valence-corrected chi connectivity index (χ1v) is 7.04. The molecule has 0 amide bonds. The van der Waals surface area contributed by atoms with Gasteiger partial charge in [0.25, 0.3) is 0 Å². The Labute approximate surface area is 109 Å². The van der Waals surface area contributed by atoms with E-state index in [9.17, 15) is 0 Å². The van der Waals surface area contributed by atoms with Gasteiger partial charge < -0.3 is 15.4 Å². The van der Waals surface area contributed by atoms with Crippen LogP contribution >= 0.6 is 0 Å². The third-order valence-electron chi connectivity index (χ3n) is 3.91. The minimum atomic E-state index is 0.385. The van der Waals surface area contributed by atoms with Crippen LogP contribution in [0.2, 0.25) is 0 Å². The number of rotatable bonds is 4. The average molecular weight is 246 g/mol. The SMILES string of the molecule is NC1CCN(c2cccc(OCC3CC3)c2)CC1. The van der Waals surface area contributed by atoms with Crippen LogP contribution in [0.4, 0.5) is 5.69 Å². The van der Waals surface area contributed by atoms with Crippen LogP contribution in [0.3, 0.4) is 0 Å². The van der Waals surface area contributed by atoms with Gasteiger partial charge in [-0.2, -0.15) is 0 Å². The van der Waals surface area contributed by atoms with Crippen molar-refractivity contribution in [1.82, 2.24) is 0 Å². The molecule has 3 nitrogen and oxygen atoms in total. The number of ether oxygens (including phenoxy) is 1. The Bertz CT molecular complexity index is 395. The molecule has 0 spiro atoms. The summed E-state index contributed by atoms with van der Waals surface area (Å²) in [5, 5.41) is 0. The minimum Gasteiger partial charge on any atom is -0.493 e. The number of hydrogen-bond donors (Lipinski definition) is 1. The van der Waals surface area contributed by atoms with Crippen molar-refractivity contribution >= 4 is 5.69 Å². The van der Waals surface area contributed by atoms with Gasteiger partial charge in [0, 0.05) is 30.9 Å². The molecule has 3 rings (SSSR count). The molecule has 98 valence electrons. The van der Waals surface area contributed by atoms with E-state index in [1.165, 1.54) is 18.5 Å². The van der Waals surface area contributed by atoms with Crippen LogP contribution in [0.25, 0.3) is 0 Å². The van der Waals surface area contributed by atoms with Gasteiger partial charge in [0.1, 0.15) is 5.75 Å². The summed E-state index contributed by atoms with van der Waals surface area (Å²) >= 11 is 0. The van der Waals surface area contributed by atoms with Gasteiger partial charge in [-0.1, -0.05) is 6.07 Å². The van der Waals surface area contributed by atoms with Crippen LogP contribution in [-0.4, -0.2) is 25.7 Å². The molecule has 2 aliphatic rings. The summed E-state index contributed by atoms with van der Waals surface area (Å²) in [7, 11) is 0. The Morgan fingerprint density at radius 3 is 2.67 bits per heavy atom. The van der Waals surface area contributed by atoms with E-state index in [0.29, 0.717) is 6.04 Å². The molecular weight excluding hydrogens is 224 g/mol. The van der Waals surface area contributed by atoms with Crippen molar-refractivity contribution in [2.24, 2.45) is 11.7 Å². The number of nitrogens with two attached hydrogens (primary N) is 1. The second kappa shape index (κ2) is 5.19. The molecule has 0 radical (unpaired) electrons. The molecule has 1 aliphatic heterocycles. The van der Waals surface area contributed by atoms with E-state index < -0.39 is 0 Å². The molecule has 1 aromatic carbocycles. The molecule has 18 heavy (non-hydrogen) atoms. The van der Waals surface area contributed by atoms with E-state index in [2.05, 4.69) is 29.2 Å². The molecule has 0 atom stereocenters. The maximum absolute atomic E-state index is 5.94. The van der Waals surface area contributed by atoms with Gasteiger partial charge >= 0.3 is 0 Å². The van der Waals surface area contributed by atoms with E-state index >= 15 is 0 Å². The first-order chi connectivity index (χ1) is 8.81. The summed E-state index contributed by atoms with van der Waals surface area (Å²) in [6, 6.07) is 8.86. The number of benzene rings is 1. The van der Waals surface area contributed by atoms with Crippen LogP contribution < -0.4 is 15.4 Å². The van der Waals surface area contributed by atoms with Crippen molar-refractivity contribution in [3.8, 4) is 5.75 Å². The molecule has 0 aromatic heterocycles. The third-order valence-corrected chi connectivity index (χ3v) is 3.91. The first kappa shape index (κ1) is 11.8. The van der Waals surface area contributed by atoms with Gasteiger partial charge in [-0.25, -0.2) is 0 Å². The topological polar surface area (TPSA) is 38.5 Å². The fraction of sp³-hybridized carbons (Fsp3) is 0.600. The maximum atomic E-state index is 5.94. The summed E-state index contributed by atoms with van der Waals surface area (Å²) in [5.41, 5.74) is 7.21. The van der Waals surface area contributed by atoms with E-state index in [1.54, 1.807) is 0 Å². The number of piperidine rings is 1. The molecule has 2 N–H and O–H groups in total. The predicted molar refractivity (Wildman–Crippen MR) is 74.1 cm³/mol. The highest BCUT2D eigenvalue weighted by Crippen LogP contribution is 2.30. The van der Waals surface area contributed by atoms with Crippen molar-refractivity contribution < 1.29 is 4.74 Å². The Balaban J connectivity index is 1.62. The Kier molecular flexibility index (Phi) is 3.41. The van der Waals surface area contributed by atoms with Gasteiger partial charge in [0.2, 0.25) is 0 Å². The summed E-state index contributed by atoms with van der Waals surface area (Å²) in [6.45, 7) is 3.01. The van der Waals surface area contributed by atoms with Gasteiger partial charge in [0.15, 0.2) is 0 Å². The fourth-order valence-corrected chi connectivity index (χ4v) is 2.43. The Morgan fingerprint density at radius 2 is 1.94 bits per heavy atom. The standard InChI is InChI=1S/C15H22N2O/c16-13-6-8-17(9-7-13)14-2-1-3-15(10-14)18-11-12-4-5-12/h1-3,10,12-13H,4-9,11,16H2. The van der Waals surface area contributed by atoms with Gasteiger partial charge in [0.05, 0.1) is 6.61 Å². The lowest BCUT2D eigenvalue weighted by Crippen LogP contribution is -2.39. The summed E-state index contributed by atoms with van der Waals surface area (Å²) in [5.74, 6) is 1.82. The van der Waals surface area contributed by atoms with Crippen molar-refractivity contribution in [1.29, 1.82) is 0 Å². The van der Waals surface area contributed by atoms with Crippen molar-refractivity contribution in [2.75, 3.05) is 24.6 Å². The van der Waals surface area contributed by atoms with Gasteiger partial charge in [-0.15, -0.1) is 0 Å². The Morgan fingerprint density at radius 1 is 1.17 bits per heavy atom. The molecule has 0 unspecified atom stereocenters. The normalized spacial score (nSPS) is 21.1. The van der Waals surface area contributed by atoms with Crippen LogP contribution in [0.5, 0.6) is 5.75 Å². The van der Waals surface area contributed by atoms with Gasteiger partial charge in [-0.05, 0) is 43.7 Å². The van der Waals surface area contributed by atoms with E-state index in [1.807, 2.05) is 0 Å². The quantitative estimate of drug-likeness (QED) is 0.886. The molecule has 2 fully saturated rings. The minimum absolute atomic E-state index is 0.385. The zero-order valence-corrected chi connectivity index (χ0v) is 10.8. The molecule has 0 bridgehead atoms. The highest BCUT2D eigenvalue weighted by atomic mass is 16.5. The predicted octanol–water partition coefficient (Wildman–Crippen LogP) is 2.40. The summed E-state index contributed by atoms with van der Waals surface area (Å²) in [6.07, 6.45) is 4.85. The molecule has 1 aliphatic carbocycles. The average Bonchev–Trinajstić information content (AvgIpc) is 3.22. The lowest BCUT2D eigenvalue weighted by molar-refractivity contribution is 0.300. The zero-order chi connectivity index (χ0) is 12.4. The van der Waals surface area contributed by atoms with Crippen molar-refractivity contribution in [3.05, 3.63) is 24.3 Å². The number of nitrogens with zero attached hydrogens (tertiary/aromatic N) is 1. The summed E-state index contributed by atoms with van der Waals surface area (Å²) < 4.78 is 5.83. The molecular formula is C15H22N2O. The number of anilines is 1. The second-order valence-electron chi connectivity index (χ2n) is 5.58. The van der Waals surface area contributed by atoms with Gasteiger partial charge in [-0.3, -0.25) is 0 Å². The van der Waals surface area contributed by atoms with Crippen molar-refractivity contribution in [3.63, 3.8) is 0 Å². The largest absolute Gasteiger partial charge is 0.493 e. The van der Waals surface area contributed by atoms with Crippen LogP contribution in [0.1, 0.15) is 25.7 Å². The van der Waals surface area contributed by atoms with Crippen LogP contribution in [-0.2, 0) is 0 Å². The smallest absolute Gasteiger partial charge is 0.121 e. The van der Waals surface area contributed by atoms with Crippen LogP contribution in [0.15, 0.2) is 24.3 Å². The van der Waals surface area contributed by atoms with E-state index in [-0.39, 0.29) is 0 Å². The monoisotopic (exact) mass is 246 g/mol. The maximum Gasteiger partial charge on any atom is 0.121 e. The van der Waals surface area contributed by atoms with Crippen molar-refractivity contribution in [2.45, 2.75) is 31.7 Å². The van der Waals surface area contributed by atoms with Crippen LogP contribution in [0, 0.1) is 5.92 Å². The molecule has 1 heterocycles. The highest BCUT2D eigenvalue weighted by molar-refractivity contribution is 5.51. The lowest BCUT2D eigenvalue weighted by Gasteiger charge is -2.32. The van der Waals surface area contributed by atoms with E-state index in [4.69, 9.17) is 10.5 Å². The molecule has 1 aromatic rings. The van der Waals surface area contributed by atoms with E-state index in [0.717, 1.165) is 44.2 Å². The Hall–Kier alpha value is -1.22. The highest BCUT2D eigenvalue weighted by Gasteiger charge is 2.22. The molecule has 3 heteroatoms. The zero-order valence-electron chi connectivity index (χ0n) is 10.8. The molecule has 1 saturated carbocycles. The summed E-state index contributed by atoms with van der Waals surface area (Å²) in [4.78, 5) is 2.41. The first-order valence-electron chi connectivity index (χ1n) is 7.04. The second-order valence-corrected chi connectivity index (χ2v) is 5.58. The number of hydrogen-bond acceptors (Lipinski definition) is 3. The lowest BCUT2D eigenvalue weighted by atomic mass is 10.1. The molecule has 1 saturated heterocycles.